The van der Waals surface area contributed by atoms with E-state index in [-0.39, 0.29) is 0 Å². The van der Waals surface area contributed by atoms with Crippen molar-refractivity contribution in [2.45, 2.75) is 89.6 Å². The Labute approximate surface area is 132 Å². The van der Waals surface area contributed by atoms with Crippen molar-refractivity contribution in [2.75, 3.05) is 19.6 Å². The van der Waals surface area contributed by atoms with E-state index >= 15 is 0 Å². The molecule has 122 valence electrons. The first kappa shape index (κ1) is 15.8. The average molecular weight is 293 g/mol. The van der Waals surface area contributed by atoms with Crippen LogP contribution in [-0.2, 0) is 0 Å². The monoisotopic (exact) mass is 292 g/mol. The number of nitrogens with one attached hydrogen (secondary N) is 1. The topological polar surface area (TPSA) is 15.3 Å². The molecule has 2 heteroatoms. The van der Waals surface area contributed by atoms with Crippen molar-refractivity contribution in [1.82, 2.24) is 10.2 Å². The van der Waals surface area contributed by atoms with Crippen LogP contribution >= 0.6 is 0 Å². The fourth-order valence-electron chi connectivity index (χ4n) is 5.10. The largest absolute Gasteiger partial charge is 0.311 e. The molecule has 3 fully saturated rings. The quantitative estimate of drug-likeness (QED) is 0.817. The molecule has 21 heavy (non-hydrogen) atoms. The zero-order valence-electron chi connectivity index (χ0n) is 14.2. The van der Waals surface area contributed by atoms with Crippen molar-refractivity contribution in [2.24, 2.45) is 11.8 Å². The van der Waals surface area contributed by atoms with Crippen molar-refractivity contribution in [3.63, 3.8) is 0 Å². The fourth-order valence-corrected chi connectivity index (χ4v) is 5.10. The Morgan fingerprint density at radius 3 is 2.38 bits per heavy atom. The Balaban J connectivity index is 1.57. The normalized spacial score (nSPS) is 33.6. The zero-order chi connectivity index (χ0) is 14.5. The minimum atomic E-state index is 0.791. The molecule has 2 nitrogen and oxygen atoms in total. The predicted molar refractivity (Wildman–Crippen MR) is 90.6 cm³/mol. The van der Waals surface area contributed by atoms with Crippen molar-refractivity contribution in [1.29, 1.82) is 0 Å². The van der Waals surface area contributed by atoms with Gasteiger partial charge in [0.25, 0.3) is 0 Å². The number of hydrogen-bond donors (Lipinski definition) is 1. The summed E-state index contributed by atoms with van der Waals surface area (Å²) in [7, 11) is 0. The molecule has 0 aromatic rings. The van der Waals surface area contributed by atoms with Crippen LogP contribution in [0.15, 0.2) is 0 Å². The third-order valence-electron chi connectivity index (χ3n) is 6.37. The van der Waals surface area contributed by atoms with Crippen LogP contribution in [0.4, 0.5) is 0 Å². The molecule has 1 saturated heterocycles. The predicted octanol–water partition coefficient (Wildman–Crippen LogP) is 4.20. The standard InChI is InChI=1S/C19H36N2/c1-2-8-18-13-20-19(17-11-4-3-5-12-17)15-21(18)14-16-9-6-7-10-16/h16-20H,2-15H2,1H3. The summed E-state index contributed by atoms with van der Waals surface area (Å²) in [6.45, 7) is 6.34. The summed E-state index contributed by atoms with van der Waals surface area (Å²) in [5, 5.41) is 3.94. The Morgan fingerprint density at radius 1 is 0.952 bits per heavy atom. The van der Waals surface area contributed by atoms with E-state index in [1.807, 2.05) is 0 Å². The molecule has 2 unspecified atom stereocenters. The molecule has 0 aromatic carbocycles. The molecule has 0 spiro atoms. The van der Waals surface area contributed by atoms with Crippen LogP contribution in [0.2, 0.25) is 0 Å². The summed E-state index contributed by atoms with van der Waals surface area (Å²) in [5.41, 5.74) is 0. The van der Waals surface area contributed by atoms with E-state index < -0.39 is 0 Å². The van der Waals surface area contributed by atoms with Gasteiger partial charge in [0, 0.05) is 31.7 Å². The SMILES string of the molecule is CCCC1CNC(C2CCCCC2)CN1CC1CCCC1. The van der Waals surface area contributed by atoms with Crippen molar-refractivity contribution >= 4 is 0 Å². The Kier molecular flexibility index (Phi) is 5.99. The lowest BCUT2D eigenvalue weighted by Crippen LogP contribution is -2.59. The summed E-state index contributed by atoms with van der Waals surface area (Å²) >= 11 is 0. The summed E-state index contributed by atoms with van der Waals surface area (Å²) in [6, 6.07) is 1.61. The third-order valence-corrected chi connectivity index (χ3v) is 6.37. The lowest BCUT2D eigenvalue weighted by molar-refractivity contribution is 0.0770. The van der Waals surface area contributed by atoms with Gasteiger partial charge in [0.15, 0.2) is 0 Å². The number of hydrogen-bond acceptors (Lipinski definition) is 2. The van der Waals surface area contributed by atoms with Crippen molar-refractivity contribution in [3.05, 3.63) is 0 Å². The molecule has 1 aliphatic heterocycles. The molecule has 0 radical (unpaired) electrons. The van der Waals surface area contributed by atoms with Gasteiger partial charge < -0.3 is 5.32 Å². The van der Waals surface area contributed by atoms with Crippen LogP contribution in [0.5, 0.6) is 0 Å². The molecule has 0 amide bonds. The fraction of sp³-hybridized carbons (Fsp3) is 1.00. The van der Waals surface area contributed by atoms with Gasteiger partial charge in [-0.15, -0.1) is 0 Å². The first-order chi connectivity index (χ1) is 10.4. The molecule has 0 bridgehead atoms. The maximum absolute atomic E-state index is 3.94. The van der Waals surface area contributed by atoms with E-state index in [1.165, 1.54) is 90.3 Å². The zero-order valence-corrected chi connectivity index (χ0v) is 14.2. The molecular formula is C19H36N2. The molecule has 1 heterocycles. The van der Waals surface area contributed by atoms with Gasteiger partial charge in [-0.2, -0.15) is 0 Å². The van der Waals surface area contributed by atoms with E-state index in [9.17, 15) is 0 Å². The van der Waals surface area contributed by atoms with Crippen molar-refractivity contribution in [3.8, 4) is 0 Å². The Hall–Kier alpha value is -0.0800. The van der Waals surface area contributed by atoms with Gasteiger partial charge in [0.2, 0.25) is 0 Å². The van der Waals surface area contributed by atoms with Crippen LogP contribution in [0, 0.1) is 11.8 Å². The highest BCUT2D eigenvalue weighted by molar-refractivity contribution is 4.91. The molecule has 2 saturated carbocycles. The van der Waals surface area contributed by atoms with E-state index in [2.05, 4.69) is 17.1 Å². The minimum absolute atomic E-state index is 0.791. The van der Waals surface area contributed by atoms with Gasteiger partial charge in [0.1, 0.15) is 0 Å². The van der Waals surface area contributed by atoms with Gasteiger partial charge >= 0.3 is 0 Å². The van der Waals surface area contributed by atoms with Crippen LogP contribution < -0.4 is 5.32 Å². The smallest absolute Gasteiger partial charge is 0.0224 e. The number of nitrogens with zero attached hydrogens (tertiary/aromatic N) is 1. The van der Waals surface area contributed by atoms with Gasteiger partial charge in [0.05, 0.1) is 0 Å². The van der Waals surface area contributed by atoms with E-state index in [1.54, 1.807) is 0 Å². The third kappa shape index (κ3) is 4.22. The van der Waals surface area contributed by atoms with E-state index in [0.29, 0.717) is 0 Å². The molecule has 0 aromatic heterocycles. The minimum Gasteiger partial charge on any atom is -0.311 e. The lowest BCUT2D eigenvalue weighted by atomic mass is 9.82. The second-order valence-electron chi connectivity index (χ2n) is 7.96. The van der Waals surface area contributed by atoms with E-state index in [4.69, 9.17) is 0 Å². The van der Waals surface area contributed by atoms with Gasteiger partial charge in [-0.25, -0.2) is 0 Å². The maximum atomic E-state index is 3.94. The van der Waals surface area contributed by atoms with Gasteiger partial charge in [-0.05, 0) is 43.9 Å². The second kappa shape index (κ2) is 7.97. The highest BCUT2D eigenvalue weighted by atomic mass is 15.2. The first-order valence-corrected chi connectivity index (χ1v) is 9.84. The summed E-state index contributed by atoms with van der Waals surface area (Å²) in [5.74, 6) is 1.97. The summed E-state index contributed by atoms with van der Waals surface area (Å²) in [6.07, 6.45) is 16.1. The molecule has 3 rings (SSSR count). The molecule has 3 aliphatic rings. The molecular weight excluding hydrogens is 256 g/mol. The van der Waals surface area contributed by atoms with Crippen LogP contribution in [0.1, 0.15) is 77.6 Å². The van der Waals surface area contributed by atoms with Gasteiger partial charge in [-0.3, -0.25) is 4.90 Å². The highest BCUT2D eigenvalue weighted by Crippen LogP contribution is 2.31. The molecule has 2 atom stereocenters. The maximum Gasteiger partial charge on any atom is 0.0224 e. The summed E-state index contributed by atoms with van der Waals surface area (Å²) in [4.78, 5) is 2.90. The van der Waals surface area contributed by atoms with Crippen LogP contribution in [0.3, 0.4) is 0 Å². The number of piperazine rings is 1. The van der Waals surface area contributed by atoms with Gasteiger partial charge in [-0.1, -0.05) is 45.4 Å². The Bertz CT molecular complexity index is 292. The molecule has 2 aliphatic carbocycles. The lowest BCUT2D eigenvalue weighted by Gasteiger charge is -2.45. The van der Waals surface area contributed by atoms with Crippen molar-refractivity contribution < 1.29 is 0 Å². The Morgan fingerprint density at radius 2 is 1.67 bits per heavy atom. The molecule has 1 N–H and O–H groups in total. The second-order valence-corrected chi connectivity index (χ2v) is 7.96. The number of rotatable bonds is 5. The average Bonchev–Trinajstić information content (AvgIpc) is 3.03. The first-order valence-electron chi connectivity index (χ1n) is 9.84. The van der Waals surface area contributed by atoms with E-state index in [0.717, 1.165) is 23.9 Å². The summed E-state index contributed by atoms with van der Waals surface area (Å²) < 4.78 is 0. The van der Waals surface area contributed by atoms with Crippen LogP contribution in [-0.4, -0.2) is 36.6 Å². The highest BCUT2D eigenvalue weighted by Gasteiger charge is 2.33. The van der Waals surface area contributed by atoms with Crippen LogP contribution in [0.25, 0.3) is 0 Å².